The van der Waals surface area contributed by atoms with Crippen LogP contribution in [0, 0.1) is 5.92 Å². The van der Waals surface area contributed by atoms with Crippen LogP contribution in [0.15, 0.2) is 44.4 Å². The van der Waals surface area contributed by atoms with Gasteiger partial charge in [0.25, 0.3) is 5.56 Å². The molecule has 4 aromatic heterocycles. The van der Waals surface area contributed by atoms with E-state index in [2.05, 4.69) is 21.3 Å². The summed E-state index contributed by atoms with van der Waals surface area (Å²) in [4.78, 5) is 25.5. The third-order valence-corrected chi connectivity index (χ3v) is 7.69. The summed E-state index contributed by atoms with van der Waals surface area (Å²) in [5.74, 6) is 2.21. The minimum absolute atomic E-state index is 0.0798. The maximum absolute atomic E-state index is 12.9. The number of aromatic amines is 1. The normalized spacial score (nSPS) is 19.9. The molecule has 0 unspecified atom stereocenters. The van der Waals surface area contributed by atoms with Crippen molar-refractivity contribution in [3.8, 4) is 11.3 Å². The molecule has 1 N–H and O–H groups in total. The van der Waals surface area contributed by atoms with Gasteiger partial charge in [0.05, 0.1) is 18.2 Å². The standard InChI is InChI=1S/C21H19N3O2S2/c25-20-18-14(15-2-1-8-26-15)11-28-21(18)23-17(22-20)10-24-7-5-16-13(6-9-27-16)19(24)12-3-4-12/h1-2,6,8-9,11-12,19H,3-5,7,10H2,(H,22,23,25)/t19-/m1/s1. The number of hydrogen-bond acceptors (Lipinski definition) is 6. The highest BCUT2D eigenvalue weighted by molar-refractivity contribution is 7.17. The lowest BCUT2D eigenvalue weighted by Gasteiger charge is -2.35. The number of furan rings is 1. The van der Waals surface area contributed by atoms with Crippen molar-refractivity contribution in [2.24, 2.45) is 5.92 Å². The largest absolute Gasteiger partial charge is 0.464 e. The molecule has 6 rings (SSSR count). The van der Waals surface area contributed by atoms with Crippen molar-refractivity contribution in [1.29, 1.82) is 0 Å². The van der Waals surface area contributed by atoms with E-state index >= 15 is 0 Å². The monoisotopic (exact) mass is 409 g/mol. The van der Waals surface area contributed by atoms with E-state index in [4.69, 9.17) is 9.40 Å². The summed E-state index contributed by atoms with van der Waals surface area (Å²) >= 11 is 3.39. The quantitative estimate of drug-likeness (QED) is 0.525. The Labute approximate surface area is 169 Å². The highest BCUT2D eigenvalue weighted by Gasteiger charge is 2.40. The SMILES string of the molecule is O=c1[nH]c(CN2CCc3sccc3[C@H]2C2CC2)nc2scc(-c3ccco3)c12. The van der Waals surface area contributed by atoms with Gasteiger partial charge in [-0.3, -0.25) is 9.69 Å². The Morgan fingerprint density at radius 2 is 2.21 bits per heavy atom. The second kappa shape index (κ2) is 6.40. The summed E-state index contributed by atoms with van der Waals surface area (Å²) < 4.78 is 5.48. The Morgan fingerprint density at radius 1 is 1.29 bits per heavy atom. The summed E-state index contributed by atoms with van der Waals surface area (Å²) in [6, 6.07) is 6.48. The van der Waals surface area contributed by atoms with Gasteiger partial charge < -0.3 is 9.40 Å². The minimum Gasteiger partial charge on any atom is -0.464 e. The van der Waals surface area contributed by atoms with Gasteiger partial charge in [0.15, 0.2) is 0 Å². The van der Waals surface area contributed by atoms with E-state index in [0.717, 1.165) is 35.1 Å². The van der Waals surface area contributed by atoms with E-state index in [9.17, 15) is 4.79 Å². The molecule has 1 fully saturated rings. The molecule has 0 spiro atoms. The van der Waals surface area contributed by atoms with Crippen LogP contribution in [0.5, 0.6) is 0 Å². The molecule has 0 amide bonds. The van der Waals surface area contributed by atoms with Crippen LogP contribution in [0.3, 0.4) is 0 Å². The molecule has 0 saturated heterocycles. The van der Waals surface area contributed by atoms with Gasteiger partial charge in [-0.1, -0.05) is 0 Å². The number of rotatable bonds is 4. The predicted molar refractivity (Wildman–Crippen MR) is 112 cm³/mol. The third-order valence-electron chi connectivity index (χ3n) is 5.82. The Morgan fingerprint density at radius 3 is 3.04 bits per heavy atom. The van der Waals surface area contributed by atoms with Crippen molar-refractivity contribution in [3.63, 3.8) is 0 Å². The van der Waals surface area contributed by atoms with Crippen LogP contribution in [-0.4, -0.2) is 21.4 Å². The van der Waals surface area contributed by atoms with Crippen molar-refractivity contribution < 1.29 is 4.42 Å². The van der Waals surface area contributed by atoms with Crippen LogP contribution in [-0.2, 0) is 13.0 Å². The number of aromatic nitrogens is 2. The average molecular weight is 410 g/mol. The number of thiophene rings is 2. The van der Waals surface area contributed by atoms with Crippen molar-refractivity contribution in [1.82, 2.24) is 14.9 Å². The molecule has 28 heavy (non-hydrogen) atoms. The summed E-state index contributed by atoms with van der Waals surface area (Å²) in [5.41, 5.74) is 2.24. The Bertz CT molecular complexity index is 1200. The van der Waals surface area contributed by atoms with Crippen LogP contribution in [0.1, 0.15) is 35.1 Å². The molecule has 0 radical (unpaired) electrons. The van der Waals surface area contributed by atoms with E-state index in [0.29, 0.717) is 23.7 Å². The van der Waals surface area contributed by atoms with Crippen molar-refractivity contribution in [3.05, 3.63) is 61.8 Å². The lowest BCUT2D eigenvalue weighted by molar-refractivity contribution is 0.154. The minimum atomic E-state index is -0.0798. The van der Waals surface area contributed by atoms with Crippen molar-refractivity contribution in [2.75, 3.05) is 6.54 Å². The van der Waals surface area contributed by atoms with Gasteiger partial charge in [-0.2, -0.15) is 0 Å². The molecular weight excluding hydrogens is 390 g/mol. The molecule has 5 heterocycles. The van der Waals surface area contributed by atoms with Crippen LogP contribution < -0.4 is 5.56 Å². The van der Waals surface area contributed by atoms with Crippen LogP contribution in [0.4, 0.5) is 0 Å². The zero-order valence-electron chi connectivity index (χ0n) is 15.2. The average Bonchev–Trinajstić information content (AvgIpc) is 3.10. The lowest BCUT2D eigenvalue weighted by atomic mass is 9.96. The first-order chi connectivity index (χ1) is 13.8. The van der Waals surface area contributed by atoms with Crippen LogP contribution >= 0.6 is 22.7 Å². The number of nitrogens with zero attached hydrogens (tertiary/aromatic N) is 2. The molecular formula is C21H19N3O2S2. The van der Waals surface area contributed by atoms with Crippen LogP contribution in [0.25, 0.3) is 21.5 Å². The van der Waals surface area contributed by atoms with E-state index in [-0.39, 0.29) is 5.56 Å². The molecule has 2 aliphatic rings. The predicted octanol–water partition coefficient (Wildman–Crippen LogP) is 4.82. The lowest BCUT2D eigenvalue weighted by Crippen LogP contribution is -2.36. The number of hydrogen-bond donors (Lipinski definition) is 1. The fraction of sp³-hybridized carbons (Fsp3) is 0.333. The number of fused-ring (bicyclic) bond motifs is 2. The number of nitrogens with one attached hydrogen (secondary N) is 1. The van der Waals surface area contributed by atoms with Gasteiger partial charge in [0.1, 0.15) is 16.4 Å². The summed E-state index contributed by atoms with van der Waals surface area (Å²) in [5, 5.41) is 4.81. The zero-order valence-corrected chi connectivity index (χ0v) is 16.8. The fourth-order valence-electron chi connectivity index (χ4n) is 4.41. The Hall–Kier alpha value is -2.22. The van der Waals surface area contributed by atoms with Gasteiger partial charge in [0.2, 0.25) is 0 Å². The third kappa shape index (κ3) is 2.69. The molecule has 0 bridgehead atoms. The van der Waals surface area contributed by atoms with E-state index < -0.39 is 0 Å². The highest BCUT2D eigenvalue weighted by atomic mass is 32.1. The smallest absolute Gasteiger partial charge is 0.260 e. The second-order valence-corrected chi connectivity index (χ2v) is 9.48. The van der Waals surface area contributed by atoms with Gasteiger partial charge in [-0.05, 0) is 54.3 Å². The van der Waals surface area contributed by atoms with E-state index in [1.807, 2.05) is 28.8 Å². The molecule has 1 atom stereocenters. The molecule has 1 saturated carbocycles. The van der Waals surface area contributed by atoms with Gasteiger partial charge in [-0.25, -0.2) is 4.98 Å². The summed E-state index contributed by atoms with van der Waals surface area (Å²) in [6.07, 6.45) is 5.32. The Balaban J connectivity index is 1.36. The summed E-state index contributed by atoms with van der Waals surface area (Å²) in [7, 11) is 0. The van der Waals surface area contributed by atoms with Gasteiger partial charge >= 0.3 is 0 Å². The molecule has 4 aromatic rings. The fourth-order valence-corrected chi connectivity index (χ4v) is 6.27. The van der Waals surface area contributed by atoms with Crippen molar-refractivity contribution >= 4 is 32.9 Å². The summed E-state index contributed by atoms with van der Waals surface area (Å²) in [6.45, 7) is 1.72. The van der Waals surface area contributed by atoms with Gasteiger partial charge in [0, 0.05) is 28.4 Å². The van der Waals surface area contributed by atoms with Crippen molar-refractivity contribution in [2.45, 2.75) is 31.8 Å². The zero-order chi connectivity index (χ0) is 18.7. The molecule has 5 nitrogen and oxygen atoms in total. The number of H-pyrrole nitrogens is 1. The molecule has 1 aliphatic carbocycles. The van der Waals surface area contributed by atoms with Crippen LogP contribution in [0.2, 0.25) is 0 Å². The first-order valence-corrected chi connectivity index (χ1v) is 11.4. The molecule has 0 aromatic carbocycles. The highest BCUT2D eigenvalue weighted by Crippen LogP contribution is 2.48. The molecule has 142 valence electrons. The maximum atomic E-state index is 12.9. The Kier molecular flexibility index (Phi) is 3.82. The maximum Gasteiger partial charge on any atom is 0.260 e. The van der Waals surface area contributed by atoms with Gasteiger partial charge in [-0.15, -0.1) is 22.7 Å². The first-order valence-electron chi connectivity index (χ1n) is 9.62. The second-order valence-electron chi connectivity index (χ2n) is 7.62. The van der Waals surface area contributed by atoms with E-state index in [1.54, 1.807) is 6.26 Å². The first kappa shape index (κ1) is 16.7. The topological polar surface area (TPSA) is 62.1 Å². The molecule has 1 aliphatic heterocycles. The molecule has 7 heteroatoms. The van der Waals surface area contributed by atoms with E-state index in [1.165, 1.54) is 34.6 Å².